The molecule has 1 atom stereocenters. The van der Waals surface area contributed by atoms with Crippen LogP contribution in [0.4, 0.5) is 10.1 Å². The number of carbonyl (C=O) groups is 2. The van der Waals surface area contributed by atoms with Gasteiger partial charge in [-0.15, -0.1) is 0 Å². The number of hydrogen-bond acceptors (Lipinski definition) is 6. The van der Waals surface area contributed by atoms with Crippen LogP contribution in [0.3, 0.4) is 0 Å². The van der Waals surface area contributed by atoms with E-state index >= 15 is 0 Å². The van der Waals surface area contributed by atoms with Gasteiger partial charge in [0.05, 0.1) is 26.2 Å². The summed E-state index contributed by atoms with van der Waals surface area (Å²) in [7, 11) is -1.11. The number of methoxy groups -OCH3 is 2. The van der Waals surface area contributed by atoms with Crippen molar-refractivity contribution >= 4 is 27.5 Å². The average Bonchev–Trinajstić information content (AvgIpc) is 3.40. The van der Waals surface area contributed by atoms with Gasteiger partial charge in [0.2, 0.25) is 21.8 Å². The van der Waals surface area contributed by atoms with Crippen LogP contribution in [0.15, 0.2) is 42.5 Å². The summed E-state index contributed by atoms with van der Waals surface area (Å²) in [6, 6.07) is 9.48. The number of amides is 2. The predicted molar refractivity (Wildman–Crippen MR) is 143 cm³/mol. The second kappa shape index (κ2) is 12.9. The minimum absolute atomic E-state index is 0.00253. The lowest BCUT2D eigenvalue weighted by Gasteiger charge is -2.33. The van der Waals surface area contributed by atoms with Crippen molar-refractivity contribution in [1.82, 2.24) is 10.2 Å². The topological polar surface area (TPSA) is 105 Å². The van der Waals surface area contributed by atoms with Crippen LogP contribution in [-0.4, -0.2) is 64.2 Å². The highest BCUT2D eigenvalue weighted by Crippen LogP contribution is 2.34. The Morgan fingerprint density at radius 2 is 1.74 bits per heavy atom. The number of rotatable bonds is 12. The molecule has 0 spiro atoms. The molecule has 0 saturated heterocycles. The molecule has 1 unspecified atom stereocenters. The Balaban J connectivity index is 1.97. The number of ether oxygens (including phenoxy) is 2. The van der Waals surface area contributed by atoms with Crippen molar-refractivity contribution in [1.29, 1.82) is 0 Å². The van der Waals surface area contributed by atoms with Crippen molar-refractivity contribution in [3.8, 4) is 11.5 Å². The van der Waals surface area contributed by atoms with Crippen LogP contribution in [-0.2, 0) is 26.2 Å². The Hall–Kier alpha value is -3.34. The zero-order valence-electron chi connectivity index (χ0n) is 22.3. The Morgan fingerprint density at radius 1 is 1.08 bits per heavy atom. The van der Waals surface area contributed by atoms with Gasteiger partial charge in [-0.3, -0.25) is 13.9 Å². The molecule has 3 rings (SSSR count). The van der Waals surface area contributed by atoms with E-state index in [0.29, 0.717) is 17.7 Å². The summed E-state index contributed by atoms with van der Waals surface area (Å²) in [5, 5.41) is 3.05. The van der Waals surface area contributed by atoms with Crippen LogP contribution in [0.5, 0.6) is 11.5 Å². The van der Waals surface area contributed by atoms with Gasteiger partial charge in [-0.1, -0.05) is 31.9 Å². The summed E-state index contributed by atoms with van der Waals surface area (Å²) in [6.45, 7) is 1.22. The van der Waals surface area contributed by atoms with Crippen LogP contribution in [0.25, 0.3) is 0 Å². The summed E-state index contributed by atoms with van der Waals surface area (Å²) in [4.78, 5) is 28.5. The molecule has 1 aliphatic carbocycles. The zero-order chi connectivity index (χ0) is 27.9. The second-order valence-electron chi connectivity index (χ2n) is 9.37. The van der Waals surface area contributed by atoms with Gasteiger partial charge in [-0.05, 0) is 49.1 Å². The standard InChI is InChI=1S/C27H36FN3O6S/c1-5-23(27(33)29-21-8-6-7-9-21)30(17-19-10-12-20(28)13-11-19)26(32)18-31(38(4,34)35)24-16-22(36-2)14-15-25(24)37-3/h10-16,21,23H,5-9,17-18H2,1-4H3,(H,29,33). The molecule has 208 valence electrons. The van der Waals surface area contributed by atoms with Crippen LogP contribution in [0.2, 0.25) is 0 Å². The number of hydrogen-bond donors (Lipinski definition) is 1. The van der Waals surface area contributed by atoms with Crippen molar-refractivity contribution in [3.05, 3.63) is 53.8 Å². The van der Waals surface area contributed by atoms with E-state index in [0.717, 1.165) is 36.2 Å². The minimum atomic E-state index is -3.95. The predicted octanol–water partition coefficient (Wildman–Crippen LogP) is 3.48. The first-order chi connectivity index (χ1) is 18.1. The van der Waals surface area contributed by atoms with Crippen LogP contribution in [0.1, 0.15) is 44.6 Å². The lowest BCUT2D eigenvalue weighted by molar-refractivity contribution is -0.140. The van der Waals surface area contributed by atoms with E-state index in [1.807, 2.05) is 0 Å². The summed E-state index contributed by atoms with van der Waals surface area (Å²) in [5.74, 6) is -0.684. The van der Waals surface area contributed by atoms with Gasteiger partial charge in [0.1, 0.15) is 29.9 Å². The number of sulfonamides is 1. The van der Waals surface area contributed by atoms with Crippen LogP contribution in [0, 0.1) is 5.82 Å². The van der Waals surface area contributed by atoms with Crippen molar-refractivity contribution < 1.29 is 31.9 Å². The van der Waals surface area contributed by atoms with Gasteiger partial charge in [-0.25, -0.2) is 12.8 Å². The molecule has 0 radical (unpaired) electrons. The van der Waals surface area contributed by atoms with Gasteiger partial charge in [0.25, 0.3) is 0 Å². The molecule has 0 heterocycles. The molecule has 1 saturated carbocycles. The van der Waals surface area contributed by atoms with Crippen LogP contribution >= 0.6 is 0 Å². The molecule has 0 aromatic heterocycles. The number of nitrogens with zero attached hydrogens (tertiary/aromatic N) is 2. The molecule has 11 heteroatoms. The maximum atomic E-state index is 13.8. The van der Waals surface area contributed by atoms with E-state index in [1.165, 1.54) is 49.5 Å². The largest absolute Gasteiger partial charge is 0.497 e. The van der Waals surface area contributed by atoms with Gasteiger partial charge >= 0.3 is 0 Å². The van der Waals surface area contributed by atoms with Gasteiger partial charge < -0.3 is 19.7 Å². The summed E-state index contributed by atoms with van der Waals surface area (Å²) in [5.41, 5.74) is 0.740. The maximum Gasteiger partial charge on any atom is 0.244 e. The fraction of sp³-hybridized carbons (Fsp3) is 0.481. The highest BCUT2D eigenvalue weighted by Gasteiger charge is 2.33. The molecule has 0 bridgehead atoms. The Labute approximate surface area is 224 Å². The highest BCUT2D eigenvalue weighted by molar-refractivity contribution is 7.92. The van der Waals surface area contributed by atoms with E-state index in [9.17, 15) is 22.4 Å². The third-order valence-electron chi connectivity index (χ3n) is 6.69. The maximum absolute atomic E-state index is 13.8. The lowest BCUT2D eigenvalue weighted by atomic mass is 10.1. The van der Waals surface area contributed by atoms with Crippen molar-refractivity contribution in [2.75, 3.05) is 31.3 Å². The molecule has 9 nitrogen and oxygen atoms in total. The molecule has 2 aromatic carbocycles. The molecule has 2 amide bonds. The van der Waals surface area contributed by atoms with Crippen molar-refractivity contribution in [3.63, 3.8) is 0 Å². The lowest BCUT2D eigenvalue weighted by Crippen LogP contribution is -2.53. The monoisotopic (exact) mass is 549 g/mol. The molecule has 2 aromatic rings. The van der Waals surface area contributed by atoms with E-state index in [2.05, 4.69) is 5.32 Å². The fourth-order valence-electron chi connectivity index (χ4n) is 4.66. The zero-order valence-corrected chi connectivity index (χ0v) is 23.1. The van der Waals surface area contributed by atoms with E-state index in [-0.39, 0.29) is 29.9 Å². The SMILES string of the molecule is CCC(C(=O)NC1CCCC1)N(Cc1ccc(F)cc1)C(=O)CN(c1cc(OC)ccc1OC)S(C)(=O)=O. The average molecular weight is 550 g/mol. The first-order valence-corrected chi connectivity index (χ1v) is 14.5. The highest BCUT2D eigenvalue weighted by atomic mass is 32.2. The Bertz CT molecular complexity index is 1220. The van der Waals surface area contributed by atoms with Gasteiger partial charge in [0.15, 0.2) is 0 Å². The van der Waals surface area contributed by atoms with E-state index in [4.69, 9.17) is 9.47 Å². The summed E-state index contributed by atoms with van der Waals surface area (Å²) in [6.07, 6.45) is 5.13. The smallest absolute Gasteiger partial charge is 0.244 e. The van der Waals surface area contributed by atoms with Gasteiger partial charge in [0, 0.05) is 18.7 Å². The molecule has 1 fully saturated rings. The number of anilines is 1. The summed E-state index contributed by atoms with van der Waals surface area (Å²) >= 11 is 0. The van der Waals surface area contributed by atoms with E-state index in [1.54, 1.807) is 19.1 Å². The molecule has 0 aliphatic heterocycles. The fourth-order valence-corrected chi connectivity index (χ4v) is 5.50. The van der Waals surface area contributed by atoms with Crippen LogP contribution < -0.4 is 19.1 Å². The number of benzene rings is 2. The minimum Gasteiger partial charge on any atom is -0.497 e. The summed E-state index contributed by atoms with van der Waals surface area (Å²) < 4.78 is 50.9. The number of nitrogens with one attached hydrogen (secondary N) is 1. The molecule has 1 aliphatic rings. The third kappa shape index (κ3) is 7.37. The Morgan fingerprint density at radius 3 is 2.29 bits per heavy atom. The van der Waals surface area contributed by atoms with Gasteiger partial charge in [-0.2, -0.15) is 0 Å². The Kier molecular flexibility index (Phi) is 9.96. The first-order valence-electron chi connectivity index (χ1n) is 12.6. The molecule has 1 N–H and O–H groups in total. The number of halogens is 1. The second-order valence-corrected chi connectivity index (χ2v) is 11.3. The van der Waals surface area contributed by atoms with Crippen molar-refractivity contribution in [2.45, 2.75) is 57.7 Å². The third-order valence-corrected chi connectivity index (χ3v) is 7.81. The first kappa shape index (κ1) is 29.2. The molecule has 38 heavy (non-hydrogen) atoms. The quantitative estimate of drug-likeness (QED) is 0.435. The number of carbonyl (C=O) groups excluding carboxylic acids is 2. The van der Waals surface area contributed by atoms with E-state index < -0.39 is 34.3 Å². The normalized spacial score (nSPS) is 14.6. The molecular weight excluding hydrogens is 513 g/mol. The molecular formula is C27H36FN3O6S. The van der Waals surface area contributed by atoms with Crippen molar-refractivity contribution in [2.24, 2.45) is 0 Å².